The molecule has 1 N–H and O–H groups in total. The minimum atomic E-state index is -0.452. The Labute approximate surface area is 189 Å². The van der Waals surface area contributed by atoms with Crippen molar-refractivity contribution in [1.29, 1.82) is 5.26 Å². The van der Waals surface area contributed by atoms with Gasteiger partial charge in [0.05, 0.1) is 12.2 Å². The molecular weight excluding hydrogens is 406 g/mol. The van der Waals surface area contributed by atoms with Crippen LogP contribution in [0.3, 0.4) is 0 Å². The molecule has 1 aliphatic rings. The highest BCUT2D eigenvalue weighted by Gasteiger charge is 2.26. The van der Waals surface area contributed by atoms with E-state index in [0.29, 0.717) is 24.4 Å². The number of rotatable bonds is 9. The maximum Gasteiger partial charge on any atom is 0.306 e. The standard InChI is InChI=1S/C25H31N3O4/c1-17-10-12-21(13-11-17)31-14-6-9-24(30)32-16-23(29)27-25-22(15-26)18(2)19(3)28(25)20-7-4-5-8-20/h10-13,20H,4-9,14,16H2,1-3H3,(H,27,29). The maximum absolute atomic E-state index is 12.5. The summed E-state index contributed by atoms with van der Waals surface area (Å²) >= 11 is 0. The lowest BCUT2D eigenvalue weighted by atomic mass is 10.2. The van der Waals surface area contributed by atoms with Gasteiger partial charge in [-0.2, -0.15) is 5.26 Å². The summed E-state index contributed by atoms with van der Waals surface area (Å²) in [6, 6.07) is 10.2. The van der Waals surface area contributed by atoms with Gasteiger partial charge in [-0.25, -0.2) is 0 Å². The fourth-order valence-corrected chi connectivity index (χ4v) is 4.13. The number of benzene rings is 1. The summed E-state index contributed by atoms with van der Waals surface area (Å²) in [6.45, 7) is 5.89. The Kier molecular flexibility index (Phi) is 7.93. The van der Waals surface area contributed by atoms with Gasteiger partial charge in [-0.3, -0.25) is 9.59 Å². The van der Waals surface area contributed by atoms with Gasteiger partial charge in [0, 0.05) is 18.2 Å². The number of carbonyl (C=O) groups excluding carboxylic acids is 2. The molecule has 1 aromatic heterocycles. The number of esters is 1. The fraction of sp³-hybridized carbons (Fsp3) is 0.480. The third-order valence-corrected chi connectivity index (χ3v) is 6.00. The van der Waals surface area contributed by atoms with E-state index in [1.165, 1.54) is 0 Å². The van der Waals surface area contributed by atoms with Crippen LogP contribution in [0.4, 0.5) is 5.82 Å². The quantitative estimate of drug-likeness (QED) is 0.452. The van der Waals surface area contributed by atoms with Crippen LogP contribution >= 0.6 is 0 Å². The Morgan fingerprint density at radius 3 is 2.50 bits per heavy atom. The number of nitrogens with one attached hydrogen (secondary N) is 1. The molecule has 0 spiro atoms. The van der Waals surface area contributed by atoms with Gasteiger partial charge >= 0.3 is 5.97 Å². The zero-order valence-corrected chi connectivity index (χ0v) is 19.1. The van der Waals surface area contributed by atoms with Gasteiger partial charge in [-0.05, 0) is 57.7 Å². The van der Waals surface area contributed by atoms with Crippen LogP contribution in [0.1, 0.15) is 67.0 Å². The highest BCUT2D eigenvalue weighted by atomic mass is 16.5. The van der Waals surface area contributed by atoms with E-state index in [2.05, 4.69) is 16.0 Å². The number of hydrogen-bond donors (Lipinski definition) is 1. The van der Waals surface area contributed by atoms with Crippen LogP contribution in [0.5, 0.6) is 5.75 Å². The Hall–Kier alpha value is -3.27. The summed E-state index contributed by atoms with van der Waals surface area (Å²) in [5.41, 5.74) is 3.50. The van der Waals surface area contributed by atoms with E-state index in [9.17, 15) is 14.9 Å². The van der Waals surface area contributed by atoms with Gasteiger partial charge in [0.1, 0.15) is 17.6 Å². The molecule has 0 aliphatic heterocycles. The molecule has 170 valence electrons. The topological polar surface area (TPSA) is 93.3 Å². The minimum Gasteiger partial charge on any atom is -0.494 e. The zero-order chi connectivity index (χ0) is 23.1. The number of ether oxygens (including phenoxy) is 2. The highest BCUT2D eigenvalue weighted by molar-refractivity contribution is 5.93. The van der Waals surface area contributed by atoms with Crippen molar-refractivity contribution in [3.8, 4) is 11.8 Å². The second-order valence-electron chi connectivity index (χ2n) is 8.33. The third kappa shape index (κ3) is 5.70. The number of carbonyl (C=O) groups is 2. The van der Waals surface area contributed by atoms with Crippen molar-refractivity contribution in [2.45, 2.75) is 65.3 Å². The molecule has 1 amide bonds. The largest absolute Gasteiger partial charge is 0.494 e. The van der Waals surface area contributed by atoms with E-state index in [4.69, 9.17) is 9.47 Å². The lowest BCUT2D eigenvalue weighted by Crippen LogP contribution is -2.24. The molecule has 2 aromatic rings. The molecule has 0 unspecified atom stereocenters. The van der Waals surface area contributed by atoms with E-state index in [-0.39, 0.29) is 19.1 Å². The van der Waals surface area contributed by atoms with Crippen molar-refractivity contribution in [2.75, 3.05) is 18.5 Å². The smallest absolute Gasteiger partial charge is 0.306 e. The molecule has 3 rings (SSSR count). The second kappa shape index (κ2) is 10.9. The van der Waals surface area contributed by atoms with E-state index in [0.717, 1.165) is 48.3 Å². The van der Waals surface area contributed by atoms with Crippen molar-refractivity contribution < 1.29 is 19.1 Å². The van der Waals surface area contributed by atoms with Gasteiger partial charge in [0.2, 0.25) is 0 Å². The lowest BCUT2D eigenvalue weighted by molar-refractivity contribution is -0.147. The van der Waals surface area contributed by atoms with E-state index >= 15 is 0 Å². The molecule has 7 heteroatoms. The van der Waals surface area contributed by atoms with Crippen molar-refractivity contribution in [1.82, 2.24) is 4.57 Å². The molecule has 1 fully saturated rings. The molecule has 7 nitrogen and oxygen atoms in total. The fourth-order valence-electron chi connectivity index (χ4n) is 4.13. The number of amides is 1. The van der Waals surface area contributed by atoms with Crippen LogP contribution in [0.15, 0.2) is 24.3 Å². The maximum atomic E-state index is 12.5. The molecule has 0 atom stereocenters. The second-order valence-corrected chi connectivity index (χ2v) is 8.33. The number of anilines is 1. The van der Waals surface area contributed by atoms with Crippen LogP contribution in [0.25, 0.3) is 0 Å². The number of nitrogens with zero attached hydrogens (tertiary/aromatic N) is 2. The van der Waals surface area contributed by atoms with Crippen LogP contribution < -0.4 is 10.1 Å². The predicted molar refractivity (Wildman–Crippen MR) is 122 cm³/mol. The molecule has 1 heterocycles. The van der Waals surface area contributed by atoms with Crippen LogP contribution in [-0.4, -0.2) is 29.7 Å². The van der Waals surface area contributed by atoms with Crippen molar-refractivity contribution in [3.63, 3.8) is 0 Å². The average molecular weight is 438 g/mol. The van der Waals surface area contributed by atoms with Crippen molar-refractivity contribution in [3.05, 3.63) is 46.6 Å². The molecule has 32 heavy (non-hydrogen) atoms. The first-order valence-corrected chi connectivity index (χ1v) is 11.2. The van der Waals surface area contributed by atoms with Crippen molar-refractivity contribution in [2.24, 2.45) is 0 Å². The Morgan fingerprint density at radius 1 is 1.16 bits per heavy atom. The van der Waals surface area contributed by atoms with Crippen LogP contribution in [0, 0.1) is 32.1 Å². The predicted octanol–water partition coefficient (Wildman–Crippen LogP) is 4.74. The van der Waals surface area contributed by atoms with Crippen LogP contribution in [0.2, 0.25) is 0 Å². The van der Waals surface area contributed by atoms with E-state index in [1.807, 2.05) is 45.0 Å². The van der Waals surface area contributed by atoms with Gasteiger partial charge in [0.25, 0.3) is 5.91 Å². The van der Waals surface area contributed by atoms with Gasteiger partial charge in [-0.15, -0.1) is 0 Å². The molecule has 0 bridgehead atoms. The first kappa shape index (κ1) is 23.4. The first-order valence-electron chi connectivity index (χ1n) is 11.2. The average Bonchev–Trinajstić information content (AvgIpc) is 3.38. The normalized spacial score (nSPS) is 13.6. The SMILES string of the molecule is Cc1ccc(OCCCC(=O)OCC(=O)Nc2c(C#N)c(C)c(C)n2C2CCCC2)cc1. The molecular formula is C25H31N3O4. The number of nitriles is 1. The van der Waals surface area contributed by atoms with Crippen LogP contribution in [-0.2, 0) is 14.3 Å². The van der Waals surface area contributed by atoms with Gasteiger partial charge in [0.15, 0.2) is 6.61 Å². The Balaban J connectivity index is 1.48. The number of aromatic nitrogens is 1. The summed E-state index contributed by atoms with van der Waals surface area (Å²) < 4.78 is 12.8. The molecule has 1 aliphatic carbocycles. The summed E-state index contributed by atoms with van der Waals surface area (Å²) in [6.07, 6.45) is 5.00. The molecule has 0 saturated heterocycles. The summed E-state index contributed by atoms with van der Waals surface area (Å²) in [5.74, 6) is 0.378. The molecule has 0 radical (unpaired) electrons. The minimum absolute atomic E-state index is 0.166. The van der Waals surface area contributed by atoms with Gasteiger partial charge in [-0.1, -0.05) is 30.5 Å². The highest BCUT2D eigenvalue weighted by Crippen LogP contribution is 2.37. The zero-order valence-electron chi connectivity index (χ0n) is 19.1. The Bertz CT molecular complexity index is 996. The van der Waals surface area contributed by atoms with Crippen molar-refractivity contribution >= 4 is 17.7 Å². The number of aryl methyl sites for hydroxylation is 1. The monoisotopic (exact) mass is 437 g/mol. The van der Waals surface area contributed by atoms with E-state index < -0.39 is 11.9 Å². The van der Waals surface area contributed by atoms with E-state index in [1.54, 1.807) is 0 Å². The summed E-state index contributed by atoms with van der Waals surface area (Å²) in [4.78, 5) is 24.5. The Morgan fingerprint density at radius 2 is 1.84 bits per heavy atom. The summed E-state index contributed by atoms with van der Waals surface area (Å²) in [7, 11) is 0. The lowest BCUT2D eigenvalue weighted by Gasteiger charge is -2.19. The van der Waals surface area contributed by atoms with Gasteiger partial charge < -0.3 is 19.4 Å². The molecule has 1 aromatic carbocycles. The number of hydrogen-bond acceptors (Lipinski definition) is 5. The molecule has 1 saturated carbocycles. The first-order chi connectivity index (χ1) is 15.4. The third-order valence-electron chi connectivity index (χ3n) is 6.00. The summed E-state index contributed by atoms with van der Waals surface area (Å²) in [5, 5.41) is 12.4.